The van der Waals surface area contributed by atoms with E-state index >= 15 is 0 Å². The topological polar surface area (TPSA) is 61.4 Å². The zero-order chi connectivity index (χ0) is 17.1. The number of rotatable bonds is 4. The van der Waals surface area contributed by atoms with E-state index < -0.39 is 0 Å². The Morgan fingerprint density at radius 3 is 3.12 bits per heavy atom. The third-order valence-electron chi connectivity index (χ3n) is 4.74. The molecule has 24 heavy (non-hydrogen) atoms. The van der Waals surface area contributed by atoms with Gasteiger partial charge in [0.25, 0.3) is 5.91 Å². The molecule has 2 aliphatic heterocycles. The van der Waals surface area contributed by atoms with Crippen molar-refractivity contribution in [2.75, 3.05) is 30.7 Å². The number of thioether (sulfide) groups is 1. The molecule has 2 N–H and O–H groups in total. The van der Waals surface area contributed by atoms with E-state index in [1.165, 1.54) is 24.6 Å². The van der Waals surface area contributed by atoms with Gasteiger partial charge in [0.1, 0.15) is 0 Å². The third-order valence-corrected chi connectivity index (χ3v) is 5.82. The second-order valence-electron chi connectivity index (χ2n) is 6.85. The molecule has 3 rings (SSSR count). The lowest BCUT2D eigenvalue weighted by Crippen LogP contribution is -2.46. The zero-order valence-corrected chi connectivity index (χ0v) is 15.1. The average Bonchev–Trinajstić information content (AvgIpc) is 2.58. The van der Waals surface area contributed by atoms with Gasteiger partial charge in [0.15, 0.2) is 0 Å². The molecule has 0 radical (unpaired) electrons. The molecule has 0 aliphatic carbocycles. The second-order valence-corrected chi connectivity index (χ2v) is 7.87. The first-order chi connectivity index (χ1) is 11.5. The molecule has 1 aromatic rings. The van der Waals surface area contributed by atoms with Gasteiger partial charge in [-0.2, -0.15) is 0 Å². The quantitative estimate of drug-likeness (QED) is 0.879. The number of carbonyl (C=O) groups excluding carboxylic acids is 2. The number of piperidine rings is 1. The van der Waals surface area contributed by atoms with Gasteiger partial charge in [0.2, 0.25) is 5.91 Å². The summed E-state index contributed by atoms with van der Waals surface area (Å²) in [7, 11) is 0. The van der Waals surface area contributed by atoms with Gasteiger partial charge < -0.3 is 10.6 Å². The molecule has 130 valence electrons. The molecule has 0 spiro atoms. The molecule has 2 atom stereocenters. The normalized spacial score (nSPS) is 22.4. The molecule has 2 heterocycles. The summed E-state index contributed by atoms with van der Waals surface area (Å²) in [5.74, 6) is 1.07. The summed E-state index contributed by atoms with van der Waals surface area (Å²) in [6.45, 7) is 7.32. The lowest BCUT2D eigenvalue weighted by molar-refractivity contribution is -0.113. The third kappa shape index (κ3) is 4.11. The Morgan fingerprint density at radius 1 is 1.50 bits per heavy atom. The van der Waals surface area contributed by atoms with Crippen LogP contribution < -0.4 is 10.6 Å². The van der Waals surface area contributed by atoms with Crippen LogP contribution in [0.3, 0.4) is 0 Å². The van der Waals surface area contributed by atoms with E-state index in [1.54, 1.807) is 6.07 Å². The first-order valence-electron chi connectivity index (χ1n) is 8.62. The number of fused-ring (bicyclic) bond motifs is 1. The maximum absolute atomic E-state index is 12.4. The Kier molecular flexibility index (Phi) is 5.46. The minimum atomic E-state index is -0.0838. The molecule has 6 heteroatoms. The SMILES string of the molecule is C[C@@H]1CCCN([C@@H](C)CNC(=O)c2ccc3c(c2)NC(=O)CS3)C1. The van der Waals surface area contributed by atoms with Gasteiger partial charge in [0, 0.05) is 29.6 Å². The molecule has 1 saturated heterocycles. The highest BCUT2D eigenvalue weighted by Gasteiger charge is 2.22. The van der Waals surface area contributed by atoms with Crippen molar-refractivity contribution in [3.63, 3.8) is 0 Å². The van der Waals surface area contributed by atoms with Gasteiger partial charge in [-0.25, -0.2) is 0 Å². The lowest BCUT2D eigenvalue weighted by Gasteiger charge is -2.35. The fourth-order valence-corrected chi connectivity index (χ4v) is 4.11. The number of hydrogen-bond acceptors (Lipinski definition) is 4. The van der Waals surface area contributed by atoms with Crippen LogP contribution in [0.5, 0.6) is 0 Å². The number of anilines is 1. The van der Waals surface area contributed by atoms with Crippen molar-refractivity contribution in [2.24, 2.45) is 5.92 Å². The predicted octanol–water partition coefficient (Wildman–Crippen LogP) is 2.58. The van der Waals surface area contributed by atoms with Crippen molar-refractivity contribution in [1.29, 1.82) is 0 Å². The highest BCUT2D eigenvalue weighted by atomic mass is 32.2. The molecule has 0 saturated carbocycles. The van der Waals surface area contributed by atoms with Crippen LogP contribution in [0.4, 0.5) is 5.69 Å². The van der Waals surface area contributed by atoms with Crippen LogP contribution in [0, 0.1) is 5.92 Å². The van der Waals surface area contributed by atoms with Gasteiger partial charge in [-0.3, -0.25) is 14.5 Å². The standard InChI is InChI=1S/C18H25N3O2S/c1-12-4-3-7-21(10-12)13(2)9-19-18(23)14-5-6-16-15(8-14)20-17(22)11-24-16/h5-6,8,12-13H,3-4,7,9-11H2,1-2H3,(H,19,23)(H,20,22)/t12-,13+/m1/s1. The predicted molar refractivity (Wildman–Crippen MR) is 97.6 cm³/mol. The molecular weight excluding hydrogens is 322 g/mol. The summed E-state index contributed by atoms with van der Waals surface area (Å²) in [5.41, 5.74) is 1.33. The van der Waals surface area contributed by atoms with Crippen molar-refractivity contribution < 1.29 is 9.59 Å². The largest absolute Gasteiger partial charge is 0.350 e. The molecule has 5 nitrogen and oxygen atoms in total. The van der Waals surface area contributed by atoms with E-state index in [-0.39, 0.29) is 11.8 Å². The number of likely N-dealkylation sites (tertiary alicyclic amines) is 1. The Hall–Kier alpha value is -1.53. The second kappa shape index (κ2) is 7.57. The van der Waals surface area contributed by atoms with Crippen LogP contribution in [0.15, 0.2) is 23.1 Å². The van der Waals surface area contributed by atoms with Crippen molar-refractivity contribution in [1.82, 2.24) is 10.2 Å². The van der Waals surface area contributed by atoms with E-state index in [0.717, 1.165) is 29.6 Å². The van der Waals surface area contributed by atoms with Crippen LogP contribution in [0.2, 0.25) is 0 Å². The minimum absolute atomic E-state index is 0.0158. The summed E-state index contributed by atoms with van der Waals surface area (Å²) < 4.78 is 0. The maximum atomic E-state index is 12.4. The number of nitrogens with zero attached hydrogens (tertiary/aromatic N) is 1. The number of carbonyl (C=O) groups is 2. The zero-order valence-electron chi connectivity index (χ0n) is 14.3. The number of benzene rings is 1. The van der Waals surface area contributed by atoms with E-state index in [2.05, 4.69) is 29.4 Å². The summed E-state index contributed by atoms with van der Waals surface area (Å²) in [6.07, 6.45) is 2.54. The van der Waals surface area contributed by atoms with Crippen molar-refractivity contribution in [2.45, 2.75) is 37.6 Å². The highest BCUT2D eigenvalue weighted by molar-refractivity contribution is 8.00. The fourth-order valence-electron chi connectivity index (χ4n) is 3.32. The number of hydrogen-bond donors (Lipinski definition) is 2. The summed E-state index contributed by atoms with van der Waals surface area (Å²) >= 11 is 1.50. The molecule has 2 amide bonds. The van der Waals surface area contributed by atoms with Gasteiger partial charge in [-0.15, -0.1) is 11.8 Å². The van der Waals surface area contributed by atoms with E-state index in [1.807, 2.05) is 12.1 Å². The Morgan fingerprint density at radius 2 is 2.33 bits per heavy atom. The summed E-state index contributed by atoms with van der Waals surface area (Å²) in [4.78, 5) is 27.4. The summed E-state index contributed by atoms with van der Waals surface area (Å²) in [6, 6.07) is 5.84. The molecule has 2 aliphatic rings. The molecule has 0 aromatic heterocycles. The Labute approximate surface area is 147 Å². The molecule has 1 fully saturated rings. The van der Waals surface area contributed by atoms with E-state index in [9.17, 15) is 9.59 Å². The van der Waals surface area contributed by atoms with Crippen LogP contribution in [0.25, 0.3) is 0 Å². The monoisotopic (exact) mass is 347 g/mol. The van der Waals surface area contributed by atoms with Crippen LogP contribution in [-0.2, 0) is 4.79 Å². The molecule has 0 bridgehead atoms. The van der Waals surface area contributed by atoms with Gasteiger partial charge in [-0.05, 0) is 50.4 Å². The Balaban J connectivity index is 1.57. The highest BCUT2D eigenvalue weighted by Crippen LogP contribution is 2.31. The van der Waals surface area contributed by atoms with E-state index in [4.69, 9.17) is 0 Å². The van der Waals surface area contributed by atoms with Crippen LogP contribution >= 0.6 is 11.8 Å². The lowest BCUT2D eigenvalue weighted by atomic mass is 9.99. The van der Waals surface area contributed by atoms with Crippen LogP contribution in [0.1, 0.15) is 37.0 Å². The summed E-state index contributed by atoms with van der Waals surface area (Å²) in [5, 5.41) is 5.86. The number of amides is 2. The minimum Gasteiger partial charge on any atom is -0.350 e. The van der Waals surface area contributed by atoms with Gasteiger partial charge in [0.05, 0.1) is 11.4 Å². The molecule has 0 unspecified atom stereocenters. The van der Waals surface area contributed by atoms with Crippen molar-refractivity contribution >= 4 is 29.3 Å². The van der Waals surface area contributed by atoms with Crippen molar-refractivity contribution in [3.8, 4) is 0 Å². The molecular formula is C18H25N3O2S. The van der Waals surface area contributed by atoms with Gasteiger partial charge >= 0.3 is 0 Å². The molecule has 1 aromatic carbocycles. The number of nitrogens with one attached hydrogen (secondary N) is 2. The average molecular weight is 347 g/mol. The van der Waals surface area contributed by atoms with Crippen molar-refractivity contribution in [3.05, 3.63) is 23.8 Å². The fraction of sp³-hybridized carbons (Fsp3) is 0.556. The Bertz CT molecular complexity index is 635. The first kappa shape index (κ1) is 17.3. The van der Waals surface area contributed by atoms with Gasteiger partial charge in [-0.1, -0.05) is 6.92 Å². The van der Waals surface area contributed by atoms with E-state index in [0.29, 0.717) is 23.9 Å². The smallest absolute Gasteiger partial charge is 0.251 e. The first-order valence-corrected chi connectivity index (χ1v) is 9.60. The maximum Gasteiger partial charge on any atom is 0.251 e. The van der Waals surface area contributed by atoms with Crippen LogP contribution in [-0.4, -0.2) is 48.1 Å².